The third kappa shape index (κ3) is 3.58. The van der Waals surface area contributed by atoms with Crippen LogP contribution in [0.15, 0.2) is 27.4 Å². The van der Waals surface area contributed by atoms with Gasteiger partial charge in [-0.2, -0.15) is 10.3 Å². The van der Waals surface area contributed by atoms with Gasteiger partial charge in [0.25, 0.3) is 5.91 Å². The third-order valence-electron chi connectivity index (χ3n) is 3.61. The largest absolute Gasteiger partial charge is 0.348 e. The molecule has 0 unspecified atom stereocenters. The number of hydrogen-bond donors (Lipinski definition) is 0. The molecule has 22 heavy (non-hydrogen) atoms. The average molecular weight is 332 g/mol. The molecular formula is C15H16N4OS2. The van der Waals surface area contributed by atoms with Gasteiger partial charge in [0.15, 0.2) is 5.17 Å². The second-order valence-electron chi connectivity index (χ2n) is 5.06. The number of aliphatic imine (C=N–C) groups is 1. The van der Waals surface area contributed by atoms with E-state index in [2.05, 4.69) is 20.9 Å². The van der Waals surface area contributed by atoms with Crippen molar-refractivity contribution in [2.45, 2.75) is 6.42 Å². The van der Waals surface area contributed by atoms with Crippen molar-refractivity contribution in [2.24, 2.45) is 4.99 Å². The van der Waals surface area contributed by atoms with Gasteiger partial charge >= 0.3 is 0 Å². The van der Waals surface area contributed by atoms with Crippen LogP contribution >= 0.6 is 23.1 Å². The lowest BCUT2D eigenvalue weighted by Crippen LogP contribution is -2.47. The zero-order valence-electron chi connectivity index (χ0n) is 12.1. The molecule has 0 saturated carbocycles. The number of carbonyl (C=O) groups excluding carboxylic acids is 1. The molecule has 3 rings (SSSR count). The standard InChI is InChI=1S/C15H16N4OS2/c16-4-2-5-18-6-8-19(9-7-18)15-17-14(20)13(22-15)11-12-3-1-10-21-12/h1,3,10-11H,2,5-9H2/b13-11-. The molecule has 1 aromatic heterocycles. The molecule has 114 valence electrons. The number of piperazine rings is 1. The van der Waals surface area contributed by atoms with Crippen LogP contribution in [0.1, 0.15) is 11.3 Å². The molecule has 3 heterocycles. The molecule has 2 aliphatic rings. The Kier molecular flexibility index (Phi) is 4.93. The maximum absolute atomic E-state index is 12.0. The molecule has 7 heteroatoms. The van der Waals surface area contributed by atoms with Crippen LogP contribution in [0.2, 0.25) is 0 Å². The number of thioether (sulfide) groups is 1. The van der Waals surface area contributed by atoms with Gasteiger partial charge in [0.2, 0.25) is 0 Å². The number of nitrogens with zero attached hydrogens (tertiary/aromatic N) is 4. The van der Waals surface area contributed by atoms with Crippen LogP contribution in [0.25, 0.3) is 6.08 Å². The van der Waals surface area contributed by atoms with E-state index in [9.17, 15) is 4.79 Å². The SMILES string of the molecule is N#CCCN1CCN(C2=NC(=O)/C(=C/c3cccs3)S2)CC1. The maximum Gasteiger partial charge on any atom is 0.286 e. The highest BCUT2D eigenvalue weighted by Crippen LogP contribution is 2.31. The van der Waals surface area contributed by atoms with E-state index in [0.29, 0.717) is 11.3 Å². The molecule has 0 atom stereocenters. The van der Waals surface area contributed by atoms with Crippen LogP contribution in [-0.2, 0) is 4.79 Å². The molecular weight excluding hydrogens is 316 g/mol. The van der Waals surface area contributed by atoms with Crippen molar-refractivity contribution < 1.29 is 4.79 Å². The summed E-state index contributed by atoms with van der Waals surface area (Å²) in [7, 11) is 0. The molecule has 1 aromatic rings. The normalized spacial score (nSPS) is 21.2. The Labute approximate surface area is 137 Å². The summed E-state index contributed by atoms with van der Waals surface area (Å²) in [6, 6.07) is 6.15. The summed E-state index contributed by atoms with van der Waals surface area (Å²) in [6.45, 7) is 4.37. The number of rotatable bonds is 3. The average Bonchev–Trinajstić information content (AvgIpc) is 3.17. The molecule has 1 saturated heterocycles. The molecule has 0 bridgehead atoms. The van der Waals surface area contributed by atoms with Gasteiger partial charge < -0.3 is 4.90 Å². The molecule has 1 fully saturated rings. The zero-order valence-corrected chi connectivity index (χ0v) is 13.7. The Morgan fingerprint density at radius 1 is 1.36 bits per heavy atom. The summed E-state index contributed by atoms with van der Waals surface area (Å²) in [5.74, 6) is -0.139. The van der Waals surface area contributed by atoms with Crippen molar-refractivity contribution >= 4 is 40.2 Å². The predicted octanol–water partition coefficient (Wildman–Crippen LogP) is 2.25. The van der Waals surface area contributed by atoms with E-state index < -0.39 is 0 Å². The number of nitriles is 1. The molecule has 0 N–H and O–H groups in total. The summed E-state index contributed by atoms with van der Waals surface area (Å²) in [6.07, 6.45) is 2.49. The van der Waals surface area contributed by atoms with Crippen molar-refractivity contribution in [3.05, 3.63) is 27.3 Å². The highest BCUT2D eigenvalue weighted by molar-refractivity contribution is 8.18. The van der Waals surface area contributed by atoms with Crippen LogP contribution in [-0.4, -0.2) is 53.6 Å². The summed E-state index contributed by atoms with van der Waals surface area (Å²) >= 11 is 3.08. The van der Waals surface area contributed by atoms with E-state index in [1.54, 1.807) is 11.3 Å². The van der Waals surface area contributed by atoms with Gasteiger partial charge in [-0.1, -0.05) is 6.07 Å². The first-order valence-corrected chi connectivity index (χ1v) is 8.86. The van der Waals surface area contributed by atoms with E-state index in [4.69, 9.17) is 5.26 Å². The summed E-state index contributed by atoms with van der Waals surface area (Å²) in [4.78, 5) is 22.4. The van der Waals surface area contributed by atoms with Crippen molar-refractivity contribution in [3.8, 4) is 6.07 Å². The Balaban J connectivity index is 1.58. The van der Waals surface area contributed by atoms with Crippen molar-refractivity contribution in [2.75, 3.05) is 32.7 Å². The Morgan fingerprint density at radius 2 is 2.18 bits per heavy atom. The van der Waals surface area contributed by atoms with Crippen LogP contribution in [0.5, 0.6) is 0 Å². The third-order valence-corrected chi connectivity index (χ3v) is 5.47. The Morgan fingerprint density at radius 3 is 2.86 bits per heavy atom. The van der Waals surface area contributed by atoms with Gasteiger partial charge in [0.1, 0.15) is 0 Å². The number of carbonyl (C=O) groups is 1. The molecule has 0 aromatic carbocycles. The van der Waals surface area contributed by atoms with Gasteiger partial charge in [-0.25, -0.2) is 0 Å². The lowest BCUT2D eigenvalue weighted by molar-refractivity contribution is -0.113. The fourth-order valence-electron chi connectivity index (χ4n) is 2.41. The monoisotopic (exact) mass is 332 g/mol. The minimum absolute atomic E-state index is 0.139. The maximum atomic E-state index is 12.0. The number of hydrogen-bond acceptors (Lipinski definition) is 6. The van der Waals surface area contributed by atoms with Gasteiger partial charge in [-0.3, -0.25) is 9.69 Å². The highest BCUT2D eigenvalue weighted by atomic mass is 32.2. The second-order valence-corrected chi connectivity index (χ2v) is 7.05. The lowest BCUT2D eigenvalue weighted by Gasteiger charge is -2.34. The summed E-state index contributed by atoms with van der Waals surface area (Å²) in [5.41, 5.74) is 0. The van der Waals surface area contributed by atoms with Gasteiger partial charge in [0, 0.05) is 44.0 Å². The minimum atomic E-state index is -0.139. The summed E-state index contributed by atoms with van der Waals surface area (Å²) in [5, 5.41) is 11.4. The van der Waals surface area contributed by atoms with Crippen molar-refractivity contribution in [1.82, 2.24) is 9.80 Å². The van der Waals surface area contributed by atoms with Crippen molar-refractivity contribution in [1.29, 1.82) is 5.26 Å². The van der Waals surface area contributed by atoms with Crippen LogP contribution in [0, 0.1) is 11.3 Å². The van der Waals surface area contributed by atoms with Crippen LogP contribution in [0.3, 0.4) is 0 Å². The first-order chi connectivity index (χ1) is 10.8. The van der Waals surface area contributed by atoms with E-state index in [-0.39, 0.29) is 5.91 Å². The van der Waals surface area contributed by atoms with Crippen LogP contribution < -0.4 is 0 Å². The second kappa shape index (κ2) is 7.09. The number of thiophene rings is 1. The molecule has 2 aliphatic heterocycles. The first-order valence-electron chi connectivity index (χ1n) is 7.16. The zero-order chi connectivity index (χ0) is 15.4. The fraction of sp³-hybridized carbons (Fsp3) is 0.400. The minimum Gasteiger partial charge on any atom is -0.348 e. The number of amides is 1. The molecule has 0 radical (unpaired) electrons. The van der Waals surface area contributed by atoms with E-state index in [1.807, 2.05) is 23.6 Å². The van der Waals surface area contributed by atoms with Gasteiger partial charge in [-0.15, -0.1) is 11.3 Å². The van der Waals surface area contributed by atoms with E-state index in [1.165, 1.54) is 11.8 Å². The predicted molar refractivity (Wildman–Crippen MR) is 90.6 cm³/mol. The molecule has 1 amide bonds. The number of amidine groups is 1. The smallest absolute Gasteiger partial charge is 0.286 e. The van der Waals surface area contributed by atoms with Gasteiger partial charge in [0.05, 0.1) is 11.0 Å². The highest BCUT2D eigenvalue weighted by Gasteiger charge is 2.28. The quantitative estimate of drug-likeness (QED) is 0.795. The van der Waals surface area contributed by atoms with E-state index >= 15 is 0 Å². The van der Waals surface area contributed by atoms with Crippen molar-refractivity contribution in [3.63, 3.8) is 0 Å². The topological polar surface area (TPSA) is 59.7 Å². The molecule has 5 nitrogen and oxygen atoms in total. The Hall–Kier alpha value is -1.62. The Bertz CT molecular complexity index is 637. The van der Waals surface area contributed by atoms with E-state index in [0.717, 1.165) is 42.8 Å². The first kappa shape index (κ1) is 15.3. The lowest BCUT2D eigenvalue weighted by atomic mass is 10.3. The summed E-state index contributed by atoms with van der Waals surface area (Å²) < 4.78 is 0. The molecule has 0 spiro atoms. The fourth-order valence-corrected chi connectivity index (χ4v) is 4.09. The van der Waals surface area contributed by atoms with Gasteiger partial charge in [-0.05, 0) is 29.3 Å². The van der Waals surface area contributed by atoms with Crippen LogP contribution in [0.4, 0.5) is 0 Å². The molecule has 0 aliphatic carbocycles.